The Hall–Kier alpha value is -3.76. The standard InChI is InChI=1S/C24H25N3O4/c1-29-13-11-26-24(28)18(16-25)15-19-17-27(21-8-4-3-7-20(19)21)12-14-31-23-10-6-5-9-22(23)30-2/h3-10,15,17H,11-14H2,1-2H3,(H,26,28)/b18-15+. The van der Waals surface area contributed by atoms with Gasteiger partial charge in [-0.25, -0.2) is 0 Å². The number of hydrogen-bond donors (Lipinski definition) is 1. The minimum atomic E-state index is -0.420. The monoisotopic (exact) mass is 419 g/mol. The van der Waals surface area contributed by atoms with Gasteiger partial charge in [0.2, 0.25) is 0 Å². The molecular weight excluding hydrogens is 394 g/mol. The number of carbonyl (C=O) groups excluding carboxylic acids is 1. The molecule has 0 saturated heterocycles. The summed E-state index contributed by atoms with van der Waals surface area (Å²) in [5.41, 5.74) is 1.84. The van der Waals surface area contributed by atoms with E-state index < -0.39 is 5.91 Å². The summed E-state index contributed by atoms with van der Waals surface area (Å²) in [5, 5.41) is 13.1. The second-order valence-electron chi connectivity index (χ2n) is 6.71. The first-order chi connectivity index (χ1) is 15.2. The number of aromatic nitrogens is 1. The van der Waals surface area contributed by atoms with Crippen LogP contribution in [-0.2, 0) is 16.1 Å². The maximum absolute atomic E-state index is 12.3. The average Bonchev–Trinajstić information content (AvgIpc) is 3.15. The van der Waals surface area contributed by atoms with Crippen molar-refractivity contribution < 1.29 is 19.0 Å². The molecule has 160 valence electrons. The largest absolute Gasteiger partial charge is 0.493 e. The number of nitrogens with zero attached hydrogens (tertiary/aromatic N) is 2. The maximum atomic E-state index is 12.3. The Morgan fingerprint density at radius 1 is 1.10 bits per heavy atom. The average molecular weight is 419 g/mol. The summed E-state index contributed by atoms with van der Waals surface area (Å²) in [7, 11) is 3.16. The fraction of sp³-hybridized carbons (Fsp3) is 0.250. The third-order valence-corrected chi connectivity index (χ3v) is 4.73. The van der Waals surface area contributed by atoms with Crippen molar-refractivity contribution in [2.75, 3.05) is 34.0 Å². The summed E-state index contributed by atoms with van der Waals surface area (Å²) in [6.45, 7) is 1.76. The smallest absolute Gasteiger partial charge is 0.262 e. The number of fused-ring (bicyclic) bond motifs is 1. The van der Waals surface area contributed by atoms with Gasteiger partial charge >= 0.3 is 0 Å². The summed E-state index contributed by atoms with van der Waals surface area (Å²) in [6, 6.07) is 17.3. The number of carbonyl (C=O) groups is 1. The topological polar surface area (TPSA) is 85.5 Å². The van der Waals surface area contributed by atoms with E-state index in [-0.39, 0.29) is 5.57 Å². The number of benzene rings is 2. The van der Waals surface area contributed by atoms with Crippen LogP contribution in [0.4, 0.5) is 0 Å². The van der Waals surface area contributed by atoms with Crippen LogP contribution in [0.2, 0.25) is 0 Å². The Bertz CT molecular complexity index is 1110. The van der Waals surface area contributed by atoms with Crippen molar-refractivity contribution >= 4 is 22.9 Å². The van der Waals surface area contributed by atoms with Crippen LogP contribution in [0.3, 0.4) is 0 Å². The number of ether oxygens (including phenoxy) is 3. The zero-order chi connectivity index (χ0) is 22.1. The summed E-state index contributed by atoms with van der Waals surface area (Å²) >= 11 is 0. The molecule has 1 N–H and O–H groups in total. The van der Waals surface area contributed by atoms with E-state index in [0.717, 1.165) is 16.5 Å². The zero-order valence-corrected chi connectivity index (χ0v) is 17.6. The molecule has 0 bridgehead atoms. The van der Waals surface area contributed by atoms with Gasteiger partial charge in [-0.1, -0.05) is 30.3 Å². The Balaban J connectivity index is 1.80. The molecular formula is C24H25N3O4. The third kappa shape index (κ3) is 5.44. The number of amides is 1. The van der Waals surface area contributed by atoms with Gasteiger partial charge in [-0.05, 0) is 24.3 Å². The fourth-order valence-corrected chi connectivity index (χ4v) is 3.23. The lowest BCUT2D eigenvalue weighted by Crippen LogP contribution is -2.27. The lowest BCUT2D eigenvalue weighted by Gasteiger charge is -2.11. The van der Waals surface area contributed by atoms with E-state index in [1.165, 1.54) is 0 Å². The highest BCUT2D eigenvalue weighted by atomic mass is 16.5. The second kappa shape index (κ2) is 10.9. The van der Waals surface area contributed by atoms with Gasteiger partial charge in [0.15, 0.2) is 11.5 Å². The molecule has 0 radical (unpaired) electrons. The van der Waals surface area contributed by atoms with E-state index >= 15 is 0 Å². The van der Waals surface area contributed by atoms with Crippen LogP contribution in [0.25, 0.3) is 17.0 Å². The van der Waals surface area contributed by atoms with Gasteiger partial charge in [0.1, 0.15) is 18.2 Å². The SMILES string of the molecule is COCCNC(=O)/C(C#N)=C/c1cn(CCOc2ccccc2OC)c2ccccc12. The van der Waals surface area contributed by atoms with Crippen molar-refractivity contribution in [2.45, 2.75) is 6.54 Å². The normalized spacial score (nSPS) is 11.2. The molecule has 0 atom stereocenters. The number of methoxy groups -OCH3 is 2. The van der Waals surface area contributed by atoms with E-state index in [4.69, 9.17) is 14.2 Å². The first-order valence-electron chi connectivity index (χ1n) is 9.90. The van der Waals surface area contributed by atoms with Gasteiger partial charge in [-0.15, -0.1) is 0 Å². The van der Waals surface area contributed by atoms with Crippen LogP contribution in [0.1, 0.15) is 5.56 Å². The summed E-state index contributed by atoms with van der Waals surface area (Å²) in [6.07, 6.45) is 3.54. The first kappa shape index (κ1) is 21.9. The van der Waals surface area contributed by atoms with E-state index in [2.05, 4.69) is 9.88 Å². The summed E-state index contributed by atoms with van der Waals surface area (Å²) in [5.74, 6) is 0.943. The van der Waals surface area contributed by atoms with E-state index in [1.54, 1.807) is 20.3 Å². The van der Waals surface area contributed by atoms with Crippen molar-refractivity contribution in [1.29, 1.82) is 5.26 Å². The van der Waals surface area contributed by atoms with Gasteiger partial charge in [-0.2, -0.15) is 5.26 Å². The number of nitriles is 1. The molecule has 0 aliphatic carbocycles. The molecule has 0 unspecified atom stereocenters. The Morgan fingerprint density at radius 2 is 1.84 bits per heavy atom. The Labute approximate surface area is 181 Å². The number of para-hydroxylation sites is 3. The molecule has 31 heavy (non-hydrogen) atoms. The van der Waals surface area contributed by atoms with Crippen molar-refractivity contribution in [3.05, 3.63) is 65.9 Å². The van der Waals surface area contributed by atoms with Crippen LogP contribution >= 0.6 is 0 Å². The Morgan fingerprint density at radius 3 is 2.58 bits per heavy atom. The molecule has 2 aromatic carbocycles. The lowest BCUT2D eigenvalue weighted by molar-refractivity contribution is -0.117. The third-order valence-electron chi connectivity index (χ3n) is 4.73. The summed E-state index contributed by atoms with van der Waals surface area (Å²) < 4.78 is 18.2. The van der Waals surface area contributed by atoms with Crippen molar-refractivity contribution in [2.24, 2.45) is 0 Å². The number of nitrogens with one attached hydrogen (secondary N) is 1. The molecule has 3 rings (SSSR count). The molecule has 0 spiro atoms. The van der Waals surface area contributed by atoms with Crippen LogP contribution in [0, 0.1) is 11.3 Å². The zero-order valence-electron chi connectivity index (χ0n) is 17.6. The van der Waals surface area contributed by atoms with Crippen LogP contribution in [-0.4, -0.2) is 44.5 Å². The molecule has 7 nitrogen and oxygen atoms in total. The van der Waals surface area contributed by atoms with E-state index in [0.29, 0.717) is 37.8 Å². The lowest BCUT2D eigenvalue weighted by atomic mass is 10.1. The predicted molar refractivity (Wildman–Crippen MR) is 119 cm³/mol. The molecule has 1 aromatic heterocycles. The summed E-state index contributed by atoms with van der Waals surface area (Å²) in [4.78, 5) is 12.3. The van der Waals surface area contributed by atoms with Gasteiger partial charge < -0.3 is 24.1 Å². The molecule has 0 aliphatic rings. The Kier molecular flexibility index (Phi) is 7.68. The number of rotatable bonds is 10. The second-order valence-corrected chi connectivity index (χ2v) is 6.71. The quantitative estimate of drug-likeness (QED) is 0.309. The van der Waals surface area contributed by atoms with Crippen LogP contribution in [0.15, 0.2) is 60.3 Å². The molecule has 0 saturated carbocycles. The van der Waals surface area contributed by atoms with Gasteiger partial charge in [-0.3, -0.25) is 4.79 Å². The van der Waals surface area contributed by atoms with Crippen molar-refractivity contribution in [3.63, 3.8) is 0 Å². The molecule has 0 fully saturated rings. The molecule has 3 aromatic rings. The van der Waals surface area contributed by atoms with Crippen molar-refractivity contribution in [3.8, 4) is 17.6 Å². The molecule has 0 aliphatic heterocycles. The highest BCUT2D eigenvalue weighted by Crippen LogP contribution is 2.27. The van der Waals surface area contributed by atoms with Crippen LogP contribution in [0.5, 0.6) is 11.5 Å². The predicted octanol–water partition coefficient (Wildman–Crippen LogP) is 3.40. The number of hydrogen-bond acceptors (Lipinski definition) is 5. The highest BCUT2D eigenvalue weighted by Gasteiger charge is 2.12. The molecule has 1 amide bonds. The van der Waals surface area contributed by atoms with E-state index in [1.807, 2.05) is 60.8 Å². The van der Waals surface area contributed by atoms with Crippen molar-refractivity contribution in [1.82, 2.24) is 9.88 Å². The van der Waals surface area contributed by atoms with Gasteiger partial charge in [0.05, 0.1) is 20.3 Å². The molecule has 7 heteroatoms. The maximum Gasteiger partial charge on any atom is 0.262 e. The van der Waals surface area contributed by atoms with Crippen LogP contribution < -0.4 is 14.8 Å². The fourth-order valence-electron chi connectivity index (χ4n) is 3.23. The van der Waals surface area contributed by atoms with Gasteiger partial charge in [0.25, 0.3) is 5.91 Å². The van der Waals surface area contributed by atoms with E-state index in [9.17, 15) is 10.1 Å². The minimum absolute atomic E-state index is 0.0456. The highest BCUT2D eigenvalue weighted by molar-refractivity contribution is 6.04. The first-order valence-corrected chi connectivity index (χ1v) is 9.90. The minimum Gasteiger partial charge on any atom is -0.493 e. The van der Waals surface area contributed by atoms with Gasteiger partial charge in [0, 0.05) is 36.3 Å². The molecule has 1 heterocycles.